The molecule has 1 aromatic carbocycles. The number of imidazole rings is 1. The summed E-state index contributed by atoms with van der Waals surface area (Å²) < 4.78 is 40.2. The number of carbonyl (C=O) groups excluding carboxylic acids is 2. The van der Waals surface area contributed by atoms with Gasteiger partial charge >= 0.3 is 6.18 Å². The first-order valence-electron chi connectivity index (χ1n) is 9.86. The Kier molecular flexibility index (Phi) is 4.86. The third-order valence-corrected chi connectivity index (χ3v) is 6.40. The van der Waals surface area contributed by atoms with Gasteiger partial charge in [0.2, 0.25) is 5.91 Å². The third kappa shape index (κ3) is 3.36. The van der Waals surface area contributed by atoms with Gasteiger partial charge in [0.1, 0.15) is 0 Å². The Morgan fingerprint density at radius 3 is 2.57 bits per heavy atom. The van der Waals surface area contributed by atoms with E-state index in [-0.39, 0.29) is 24.4 Å². The summed E-state index contributed by atoms with van der Waals surface area (Å²) in [5.41, 5.74) is -0.654. The van der Waals surface area contributed by atoms with Gasteiger partial charge in [0, 0.05) is 39.0 Å². The molecule has 9 heteroatoms. The summed E-state index contributed by atoms with van der Waals surface area (Å²) in [6.07, 6.45) is 0.363. The lowest BCUT2D eigenvalue weighted by molar-refractivity contribution is -0.144. The van der Waals surface area contributed by atoms with Gasteiger partial charge in [0.05, 0.1) is 17.1 Å². The molecule has 0 saturated carbocycles. The molecule has 0 N–H and O–H groups in total. The standard InChI is InChI=1S/C21H23F3N4O2/c1-20-9-11-27(19(30)18-25-10-12-26(18)2)16(20)7-8-17(29)28(20)13-14-3-5-15(6-4-14)21(22,23)24/h3-6,10,12,16H,7-9,11,13H2,1-2H3/t16-,20-/m0/s1. The van der Waals surface area contributed by atoms with E-state index in [4.69, 9.17) is 0 Å². The number of carbonyl (C=O) groups is 2. The van der Waals surface area contributed by atoms with Crippen molar-refractivity contribution < 1.29 is 22.8 Å². The number of halogens is 3. The molecule has 30 heavy (non-hydrogen) atoms. The zero-order valence-electron chi connectivity index (χ0n) is 16.8. The van der Waals surface area contributed by atoms with Crippen molar-refractivity contribution in [2.24, 2.45) is 7.05 Å². The fourth-order valence-corrected chi connectivity index (χ4v) is 4.66. The molecule has 2 saturated heterocycles. The van der Waals surface area contributed by atoms with Crippen LogP contribution in [0.3, 0.4) is 0 Å². The molecule has 0 aliphatic carbocycles. The van der Waals surface area contributed by atoms with Crippen LogP contribution in [-0.2, 0) is 24.6 Å². The monoisotopic (exact) mass is 420 g/mol. The van der Waals surface area contributed by atoms with E-state index in [1.165, 1.54) is 12.1 Å². The molecule has 3 heterocycles. The van der Waals surface area contributed by atoms with Crippen LogP contribution in [0, 0.1) is 0 Å². The molecule has 2 aliphatic heterocycles. The van der Waals surface area contributed by atoms with Gasteiger partial charge < -0.3 is 14.4 Å². The van der Waals surface area contributed by atoms with Crippen LogP contribution in [0.2, 0.25) is 0 Å². The molecule has 2 fully saturated rings. The maximum Gasteiger partial charge on any atom is 0.416 e. The minimum absolute atomic E-state index is 0.0417. The first kappa shape index (κ1) is 20.4. The molecule has 0 radical (unpaired) electrons. The number of aromatic nitrogens is 2. The van der Waals surface area contributed by atoms with E-state index in [1.54, 1.807) is 33.8 Å². The Morgan fingerprint density at radius 1 is 1.27 bits per heavy atom. The van der Waals surface area contributed by atoms with Gasteiger partial charge in [0.15, 0.2) is 5.82 Å². The zero-order chi connectivity index (χ0) is 21.7. The van der Waals surface area contributed by atoms with Crippen molar-refractivity contribution >= 4 is 11.8 Å². The molecular weight excluding hydrogens is 397 g/mol. The van der Waals surface area contributed by atoms with Gasteiger partial charge in [-0.15, -0.1) is 0 Å². The molecule has 4 rings (SSSR count). The molecule has 2 aromatic rings. The third-order valence-electron chi connectivity index (χ3n) is 6.40. The average Bonchev–Trinajstić information content (AvgIpc) is 3.27. The smallest absolute Gasteiger partial charge is 0.331 e. The summed E-state index contributed by atoms with van der Waals surface area (Å²) in [6, 6.07) is 4.74. The Morgan fingerprint density at radius 2 is 1.97 bits per heavy atom. The highest BCUT2D eigenvalue weighted by atomic mass is 19.4. The highest BCUT2D eigenvalue weighted by molar-refractivity contribution is 5.92. The van der Waals surface area contributed by atoms with Crippen molar-refractivity contribution in [3.63, 3.8) is 0 Å². The summed E-state index contributed by atoms with van der Waals surface area (Å²) in [7, 11) is 1.76. The van der Waals surface area contributed by atoms with Crippen LogP contribution in [0.5, 0.6) is 0 Å². The van der Waals surface area contributed by atoms with Crippen molar-refractivity contribution in [2.45, 2.75) is 50.5 Å². The number of rotatable bonds is 3. The summed E-state index contributed by atoms with van der Waals surface area (Å²) in [4.78, 5) is 33.5. The van der Waals surface area contributed by atoms with Crippen LogP contribution < -0.4 is 0 Å². The maximum absolute atomic E-state index is 13.0. The Bertz CT molecular complexity index is 969. The Hall–Kier alpha value is -2.84. The zero-order valence-corrected chi connectivity index (χ0v) is 16.8. The van der Waals surface area contributed by atoms with Crippen molar-refractivity contribution in [3.05, 3.63) is 53.6 Å². The SMILES string of the molecule is Cn1ccnc1C(=O)N1CC[C@@]2(C)[C@@H]1CCC(=O)N2Cc1ccc(C(F)(F)F)cc1. The number of benzene rings is 1. The summed E-state index contributed by atoms with van der Waals surface area (Å²) in [5, 5.41) is 0. The summed E-state index contributed by atoms with van der Waals surface area (Å²) >= 11 is 0. The van der Waals surface area contributed by atoms with Gasteiger partial charge in [-0.3, -0.25) is 9.59 Å². The number of aryl methyl sites for hydroxylation is 1. The molecular formula is C21H23F3N4O2. The van der Waals surface area contributed by atoms with E-state index in [1.807, 2.05) is 6.92 Å². The van der Waals surface area contributed by atoms with E-state index >= 15 is 0 Å². The normalized spacial score (nSPS) is 24.3. The molecule has 0 bridgehead atoms. The first-order chi connectivity index (χ1) is 14.1. The van der Waals surface area contributed by atoms with Gasteiger partial charge in [0.25, 0.3) is 5.91 Å². The molecule has 160 valence electrons. The van der Waals surface area contributed by atoms with Crippen LogP contribution in [-0.4, -0.2) is 49.3 Å². The van der Waals surface area contributed by atoms with E-state index in [0.29, 0.717) is 37.2 Å². The van der Waals surface area contributed by atoms with Crippen molar-refractivity contribution in [1.29, 1.82) is 0 Å². The van der Waals surface area contributed by atoms with E-state index in [0.717, 1.165) is 12.1 Å². The predicted molar refractivity (Wildman–Crippen MR) is 102 cm³/mol. The van der Waals surface area contributed by atoms with E-state index in [9.17, 15) is 22.8 Å². The fourth-order valence-electron chi connectivity index (χ4n) is 4.66. The largest absolute Gasteiger partial charge is 0.416 e. The van der Waals surface area contributed by atoms with Crippen molar-refractivity contribution in [3.8, 4) is 0 Å². The molecule has 2 amide bonds. The summed E-state index contributed by atoms with van der Waals surface area (Å²) in [6.45, 7) is 2.68. The second kappa shape index (κ2) is 7.14. The van der Waals surface area contributed by atoms with Crippen molar-refractivity contribution in [2.75, 3.05) is 6.54 Å². The molecule has 0 unspecified atom stereocenters. The number of hydrogen-bond acceptors (Lipinski definition) is 3. The molecule has 2 atom stereocenters. The minimum Gasteiger partial charge on any atom is -0.331 e. The van der Waals surface area contributed by atoms with Crippen LogP contribution in [0.1, 0.15) is 47.9 Å². The highest BCUT2D eigenvalue weighted by Gasteiger charge is 2.53. The first-order valence-corrected chi connectivity index (χ1v) is 9.86. The highest BCUT2D eigenvalue weighted by Crippen LogP contribution is 2.42. The Labute approximate surface area is 172 Å². The number of amides is 2. The lowest BCUT2D eigenvalue weighted by Crippen LogP contribution is -2.60. The number of fused-ring (bicyclic) bond motifs is 1. The van der Waals surface area contributed by atoms with Crippen LogP contribution >= 0.6 is 0 Å². The van der Waals surface area contributed by atoms with Crippen molar-refractivity contribution in [1.82, 2.24) is 19.4 Å². The number of nitrogens with zero attached hydrogens (tertiary/aromatic N) is 4. The van der Waals surface area contributed by atoms with E-state index in [2.05, 4.69) is 4.98 Å². The van der Waals surface area contributed by atoms with Gasteiger partial charge in [-0.1, -0.05) is 12.1 Å². The number of hydrogen-bond donors (Lipinski definition) is 0. The second-order valence-corrected chi connectivity index (χ2v) is 8.20. The second-order valence-electron chi connectivity index (χ2n) is 8.20. The fraction of sp³-hybridized carbons (Fsp3) is 0.476. The molecule has 6 nitrogen and oxygen atoms in total. The minimum atomic E-state index is -4.39. The van der Waals surface area contributed by atoms with Crippen LogP contribution in [0.15, 0.2) is 36.7 Å². The lowest BCUT2D eigenvalue weighted by atomic mass is 9.83. The number of piperidine rings is 1. The van der Waals surface area contributed by atoms with Gasteiger partial charge in [-0.2, -0.15) is 13.2 Å². The molecule has 0 spiro atoms. The summed E-state index contributed by atoms with van der Waals surface area (Å²) in [5.74, 6) is 0.144. The predicted octanol–water partition coefficient (Wildman–Crippen LogP) is 3.23. The molecule has 1 aromatic heterocycles. The average molecular weight is 420 g/mol. The quantitative estimate of drug-likeness (QED) is 0.766. The lowest BCUT2D eigenvalue weighted by Gasteiger charge is -2.47. The Balaban J connectivity index is 1.57. The topological polar surface area (TPSA) is 58.4 Å². The maximum atomic E-state index is 13.0. The van der Waals surface area contributed by atoms with Gasteiger partial charge in [-0.25, -0.2) is 4.98 Å². The molecule has 2 aliphatic rings. The number of alkyl halides is 3. The van der Waals surface area contributed by atoms with E-state index < -0.39 is 17.3 Å². The van der Waals surface area contributed by atoms with Gasteiger partial charge in [-0.05, 0) is 37.5 Å². The van der Waals surface area contributed by atoms with Crippen LogP contribution in [0.4, 0.5) is 13.2 Å². The number of likely N-dealkylation sites (tertiary alicyclic amines) is 2. The van der Waals surface area contributed by atoms with Crippen LogP contribution in [0.25, 0.3) is 0 Å².